The van der Waals surface area contributed by atoms with Crippen LogP contribution >= 0.6 is 11.6 Å². The van der Waals surface area contributed by atoms with Crippen LogP contribution in [-0.2, 0) is 6.42 Å². The SMILES string of the molecule is CCc1nc(NN)c(C)c(Nc2ccc(C#N)cc2Cl)n1. The molecule has 0 amide bonds. The number of aromatic nitrogens is 2. The molecule has 0 aliphatic heterocycles. The van der Waals surface area contributed by atoms with Crippen LogP contribution in [0.4, 0.5) is 17.3 Å². The van der Waals surface area contributed by atoms with Gasteiger partial charge in [0.05, 0.1) is 22.3 Å². The quantitative estimate of drug-likeness (QED) is 0.593. The molecule has 0 spiro atoms. The molecule has 0 aliphatic carbocycles. The zero-order valence-electron chi connectivity index (χ0n) is 11.7. The normalized spacial score (nSPS) is 10.0. The van der Waals surface area contributed by atoms with E-state index in [1.54, 1.807) is 18.2 Å². The highest BCUT2D eigenvalue weighted by molar-refractivity contribution is 6.33. The summed E-state index contributed by atoms with van der Waals surface area (Å²) < 4.78 is 0. The molecule has 0 bridgehead atoms. The second kappa shape index (κ2) is 6.39. The van der Waals surface area contributed by atoms with Crippen LogP contribution in [0.15, 0.2) is 18.2 Å². The molecule has 108 valence electrons. The van der Waals surface area contributed by atoms with Crippen molar-refractivity contribution in [2.75, 3.05) is 10.7 Å². The molecule has 0 atom stereocenters. The Morgan fingerprint density at radius 1 is 1.33 bits per heavy atom. The predicted octanol–water partition coefficient (Wildman–Crippen LogP) is 2.90. The molecule has 0 aliphatic rings. The highest BCUT2D eigenvalue weighted by Gasteiger charge is 2.11. The van der Waals surface area contributed by atoms with Crippen molar-refractivity contribution in [2.45, 2.75) is 20.3 Å². The zero-order chi connectivity index (χ0) is 15.4. The lowest BCUT2D eigenvalue weighted by Gasteiger charge is -2.14. The lowest BCUT2D eigenvalue weighted by Crippen LogP contribution is -2.14. The van der Waals surface area contributed by atoms with Gasteiger partial charge in [0.1, 0.15) is 17.5 Å². The fourth-order valence-electron chi connectivity index (χ4n) is 1.80. The summed E-state index contributed by atoms with van der Waals surface area (Å²) in [7, 11) is 0. The Hall–Kier alpha value is -2.36. The number of hydrogen-bond acceptors (Lipinski definition) is 6. The van der Waals surface area contributed by atoms with Gasteiger partial charge in [0.25, 0.3) is 0 Å². The van der Waals surface area contributed by atoms with Crippen molar-refractivity contribution in [1.29, 1.82) is 5.26 Å². The molecule has 21 heavy (non-hydrogen) atoms. The summed E-state index contributed by atoms with van der Waals surface area (Å²) in [4.78, 5) is 8.74. The zero-order valence-corrected chi connectivity index (χ0v) is 12.5. The van der Waals surface area contributed by atoms with Gasteiger partial charge in [-0.1, -0.05) is 18.5 Å². The standard InChI is InChI=1S/C14H15ClN6/c1-3-12-19-13(8(2)14(20-12)21-17)18-11-5-4-9(7-16)6-10(11)15/h4-6H,3,17H2,1-2H3,(H2,18,19,20,21). The summed E-state index contributed by atoms with van der Waals surface area (Å²) in [6.07, 6.45) is 0.685. The molecule has 4 N–H and O–H groups in total. The minimum Gasteiger partial charge on any atom is -0.339 e. The fourth-order valence-corrected chi connectivity index (χ4v) is 2.02. The van der Waals surface area contributed by atoms with Gasteiger partial charge in [0.15, 0.2) is 0 Å². The maximum Gasteiger partial charge on any atom is 0.148 e. The lowest BCUT2D eigenvalue weighted by atomic mass is 10.2. The van der Waals surface area contributed by atoms with Gasteiger partial charge in [-0.3, -0.25) is 0 Å². The Bertz CT molecular complexity index is 707. The van der Waals surface area contributed by atoms with E-state index in [2.05, 4.69) is 20.7 Å². The Labute approximate surface area is 127 Å². The first-order chi connectivity index (χ1) is 10.1. The number of anilines is 3. The predicted molar refractivity (Wildman–Crippen MR) is 83.4 cm³/mol. The number of nitrogen functional groups attached to an aromatic ring is 1. The van der Waals surface area contributed by atoms with E-state index in [4.69, 9.17) is 22.7 Å². The van der Waals surface area contributed by atoms with E-state index in [-0.39, 0.29) is 0 Å². The van der Waals surface area contributed by atoms with Crippen LogP contribution in [0.3, 0.4) is 0 Å². The average Bonchev–Trinajstić information content (AvgIpc) is 2.50. The van der Waals surface area contributed by atoms with Gasteiger partial charge in [0, 0.05) is 12.0 Å². The number of hydrazine groups is 1. The first kappa shape index (κ1) is 15.0. The van der Waals surface area contributed by atoms with Crippen molar-refractivity contribution in [2.24, 2.45) is 5.84 Å². The topological polar surface area (TPSA) is 99.6 Å². The molecule has 1 aromatic carbocycles. The molecule has 0 unspecified atom stereocenters. The van der Waals surface area contributed by atoms with E-state index >= 15 is 0 Å². The molecule has 1 aromatic heterocycles. The molecule has 2 aromatic rings. The van der Waals surface area contributed by atoms with E-state index in [1.807, 2.05) is 19.9 Å². The monoisotopic (exact) mass is 302 g/mol. The van der Waals surface area contributed by atoms with E-state index in [1.165, 1.54) is 0 Å². The van der Waals surface area contributed by atoms with E-state index in [0.717, 1.165) is 5.56 Å². The largest absolute Gasteiger partial charge is 0.339 e. The lowest BCUT2D eigenvalue weighted by molar-refractivity contribution is 0.932. The van der Waals surface area contributed by atoms with Crippen LogP contribution in [0.1, 0.15) is 23.9 Å². The Morgan fingerprint density at radius 2 is 2.05 bits per heavy atom. The Balaban J connectivity index is 2.42. The maximum atomic E-state index is 8.85. The van der Waals surface area contributed by atoms with Gasteiger partial charge < -0.3 is 10.7 Å². The number of hydrogen-bond donors (Lipinski definition) is 3. The summed E-state index contributed by atoms with van der Waals surface area (Å²) in [6, 6.07) is 7.07. The molecule has 0 saturated carbocycles. The number of benzene rings is 1. The van der Waals surface area contributed by atoms with Gasteiger partial charge in [0.2, 0.25) is 0 Å². The first-order valence-corrected chi connectivity index (χ1v) is 6.77. The van der Waals surface area contributed by atoms with Crippen LogP contribution in [-0.4, -0.2) is 9.97 Å². The maximum absolute atomic E-state index is 8.85. The number of nitrogens with zero attached hydrogens (tertiary/aromatic N) is 3. The number of halogens is 1. The van der Waals surface area contributed by atoms with Gasteiger partial charge in [-0.25, -0.2) is 15.8 Å². The van der Waals surface area contributed by atoms with Crippen LogP contribution < -0.4 is 16.6 Å². The smallest absolute Gasteiger partial charge is 0.148 e. The first-order valence-electron chi connectivity index (χ1n) is 6.39. The fraction of sp³-hybridized carbons (Fsp3) is 0.214. The van der Waals surface area contributed by atoms with Crippen LogP contribution in [0, 0.1) is 18.3 Å². The second-order valence-corrected chi connectivity index (χ2v) is 4.80. The van der Waals surface area contributed by atoms with Crippen LogP contribution in [0.5, 0.6) is 0 Å². The van der Waals surface area contributed by atoms with Gasteiger partial charge in [-0.05, 0) is 25.1 Å². The van der Waals surface area contributed by atoms with Crippen molar-refractivity contribution >= 4 is 28.9 Å². The summed E-state index contributed by atoms with van der Waals surface area (Å²) in [5.41, 5.74) is 4.52. The Kier molecular flexibility index (Phi) is 4.58. The van der Waals surface area contributed by atoms with E-state index < -0.39 is 0 Å². The number of aryl methyl sites for hydroxylation is 1. The number of nitrogens with one attached hydrogen (secondary N) is 2. The minimum absolute atomic E-state index is 0.451. The molecule has 0 saturated heterocycles. The third kappa shape index (κ3) is 3.21. The van der Waals surface area contributed by atoms with Crippen molar-refractivity contribution in [1.82, 2.24) is 9.97 Å². The van der Waals surface area contributed by atoms with Crippen molar-refractivity contribution in [3.8, 4) is 6.07 Å². The molecular formula is C14H15ClN6. The molecule has 1 heterocycles. The Morgan fingerprint density at radius 3 is 2.62 bits per heavy atom. The third-order valence-electron chi connectivity index (χ3n) is 3.00. The molecule has 0 fully saturated rings. The van der Waals surface area contributed by atoms with Crippen molar-refractivity contribution < 1.29 is 0 Å². The third-order valence-corrected chi connectivity index (χ3v) is 3.31. The molecule has 0 radical (unpaired) electrons. The highest BCUT2D eigenvalue weighted by atomic mass is 35.5. The minimum atomic E-state index is 0.451. The molecule has 7 heteroatoms. The molecule has 2 rings (SSSR count). The average molecular weight is 303 g/mol. The van der Waals surface area contributed by atoms with Gasteiger partial charge in [-0.2, -0.15) is 5.26 Å². The number of nitriles is 1. The van der Waals surface area contributed by atoms with Crippen LogP contribution in [0.2, 0.25) is 5.02 Å². The molecular weight excluding hydrogens is 288 g/mol. The highest BCUT2D eigenvalue weighted by Crippen LogP contribution is 2.28. The van der Waals surface area contributed by atoms with Crippen LogP contribution in [0.25, 0.3) is 0 Å². The van der Waals surface area contributed by atoms with Crippen molar-refractivity contribution in [3.63, 3.8) is 0 Å². The number of rotatable bonds is 4. The van der Waals surface area contributed by atoms with E-state index in [9.17, 15) is 0 Å². The van der Waals surface area contributed by atoms with Crippen molar-refractivity contribution in [3.05, 3.63) is 40.2 Å². The second-order valence-electron chi connectivity index (χ2n) is 4.39. The van der Waals surface area contributed by atoms with Gasteiger partial charge in [-0.15, -0.1) is 0 Å². The molecule has 6 nitrogen and oxygen atoms in total. The number of nitrogens with two attached hydrogens (primary N) is 1. The van der Waals surface area contributed by atoms with Gasteiger partial charge >= 0.3 is 0 Å². The summed E-state index contributed by atoms with van der Waals surface area (Å²) in [5, 5.41) is 12.5. The summed E-state index contributed by atoms with van der Waals surface area (Å²) in [6.45, 7) is 3.82. The summed E-state index contributed by atoms with van der Waals surface area (Å²) >= 11 is 6.16. The van der Waals surface area contributed by atoms with E-state index in [0.29, 0.717) is 40.2 Å². The summed E-state index contributed by atoms with van der Waals surface area (Å²) in [5.74, 6) is 7.33.